The highest BCUT2D eigenvalue weighted by Crippen LogP contribution is 2.28. The number of nitrogens with zero attached hydrogens (tertiary/aromatic N) is 1. The average Bonchev–Trinajstić information content (AvgIpc) is 2.82. The van der Waals surface area contributed by atoms with Crippen LogP contribution in [0, 0.1) is 6.92 Å². The maximum absolute atomic E-state index is 11.6. The molecule has 0 bridgehead atoms. The number of aryl methyl sites for hydroxylation is 1. The van der Waals surface area contributed by atoms with Gasteiger partial charge in [0.05, 0.1) is 12.3 Å². The van der Waals surface area contributed by atoms with Gasteiger partial charge in [-0.05, 0) is 31.5 Å². The molecule has 0 radical (unpaired) electrons. The van der Waals surface area contributed by atoms with Gasteiger partial charge in [0.1, 0.15) is 0 Å². The van der Waals surface area contributed by atoms with Crippen LogP contribution in [0.4, 0.5) is 0 Å². The van der Waals surface area contributed by atoms with Crippen molar-refractivity contribution >= 4 is 33.2 Å². The second-order valence-electron chi connectivity index (χ2n) is 3.72. The number of hydrogen-bond donors (Lipinski definition) is 0. The summed E-state index contributed by atoms with van der Waals surface area (Å²) in [6.45, 7) is 4.17. The maximum atomic E-state index is 11.6. The molecule has 0 fully saturated rings. The van der Waals surface area contributed by atoms with Crippen LogP contribution in [-0.4, -0.2) is 17.6 Å². The van der Waals surface area contributed by atoms with E-state index in [0.29, 0.717) is 11.6 Å². The second-order valence-corrected chi connectivity index (χ2v) is 5.49. The lowest BCUT2D eigenvalue weighted by molar-refractivity contribution is 0.0526. The summed E-state index contributed by atoms with van der Waals surface area (Å²) in [5.74, 6) is -0.360. The summed E-state index contributed by atoms with van der Waals surface area (Å²) in [6.07, 6.45) is 0. The van der Waals surface area contributed by atoms with Crippen molar-refractivity contribution in [3.8, 4) is 11.3 Å². The number of ether oxygens (including phenoxy) is 1. The van der Waals surface area contributed by atoms with E-state index in [9.17, 15) is 4.79 Å². The van der Waals surface area contributed by atoms with Crippen molar-refractivity contribution in [2.45, 2.75) is 13.8 Å². The number of esters is 1. The van der Waals surface area contributed by atoms with Crippen molar-refractivity contribution < 1.29 is 9.53 Å². The van der Waals surface area contributed by atoms with Crippen LogP contribution in [0.25, 0.3) is 11.3 Å². The fraction of sp³-hybridized carbons (Fsp3) is 0.231. The minimum Gasteiger partial charge on any atom is -0.461 e. The lowest BCUT2D eigenvalue weighted by atomic mass is 10.1. The molecular weight excluding hydrogens is 314 g/mol. The van der Waals surface area contributed by atoms with Gasteiger partial charge in [0, 0.05) is 15.4 Å². The van der Waals surface area contributed by atoms with E-state index >= 15 is 0 Å². The van der Waals surface area contributed by atoms with Crippen LogP contribution in [0.15, 0.2) is 28.1 Å². The summed E-state index contributed by atoms with van der Waals surface area (Å²) < 4.78 is 5.93. The number of carbonyl (C=O) groups is 1. The molecule has 0 aliphatic rings. The van der Waals surface area contributed by atoms with Crippen LogP contribution in [0.1, 0.15) is 22.3 Å². The van der Waals surface area contributed by atoms with Gasteiger partial charge in [-0.1, -0.05) is 22.0 Å². The fourth-order valence-corrected chi connectivity index (χ4v) is 2.62. The topological polar surface area (TPSA) is 39.2 Å². The molecule has 94 valence electrons. The van der Waals surface area contributed by atoms with Crippen molar-refractivity contribution in [1.29, 1.82) is 0 Å². The first-order valence-electron chi connectivity index (χ1n) is 5.51. The van der Waals surface area contributed by atoms with E-state index in [4.69, 9.17) is 4.74 Å². The van der Waals surface area contributed by atoms with Gasteiger partial charge in [0.15, 0.2) is 0 Å². The third kappa shape index (κ3) is 2.79. The summed E-state index contributed by atoms with van der Waals surface area (Å²) in [5, 5.41) is 2.27. The van der Waals surface area contributed by atoms with E-state index in [2.05, 4.69) is 20.9 Å². The van der Waals surface area contributed by atoms with Crippen LogP contribution in [-0.2, 0) is 4.74 Å². The van der Waals surface area contributed by atoms with Gasteiger partial charge in [0.25, 0.3) is 0 Å². The van der Waals surface area contributed by atoms with Gasteiger partial charge >= 0.3 is 5.97 Å². The highest BCUT2D eigenvalue weighted by molar-refractivity contribution is 9.10. The number of thiazole rings is 1. The Morgan fingerprint density at radius 1 is 1.50 bits per heavy atom. The van der Waals surface area contributed by atoms with Gasteiger partial charge in [-0.3, -0.25) is 0 Å². The Morgan fingerprint density at radius 2 is 2.28 bits per heavy atom. The van der Waals surface area contributed by atoms with Crippen molar-refractivity contribution in [2.24, 2.45) is 0 Å². The van der Waals surface area contributed by atoms with Gasteiger partial charge in [-0.25, -0.2) is 9.78 Å². The Labute approximate surface area is 118 Å². The molecule has 1 aromatic carbocycles. The normalized spacial score (nSPS) is 10.4. The Kier molecular flexibility index (Phi) is 4.14. The summed E-state index contributed by atoms with van der Waals surface area (Å²) in [5.41, 5.74) is 2.96. The summed E-state index contributed by atoms with van der Waals surface area (Å²) >= 11 is 4.74. The quantitative estimate of drug-likeness (QED) is 0.799. The molecule has 0 N–H and O–H groups in total. The lowest BCUT2D eigenvalue weighted by Gasteiger charge is -2.02. The molecule has 0 spiro atoms. The van der Waals surface area contributed by atoms with Crippen molar-refractivity contribution in [1.82, 2.24) is 4.98 Å². The zero-order chi connectivity index (χ0) is 13.1. The standard InChI is InChI=1S/C13H12BrNO2S/c1-3-17-13(16)12-15-11(7-18-12)10-6-9(14)5-4-8(10)2/h4-7H,3H2,1-2H3. The highest BCUT2D eigenvalue weighted by Gasteiger charge is 2.14. The molecule has 1 heterocycles. The number of halogens is 1. The van der Waals surface area contributed by atoms with E-state index in [1.165, 1.54) is 11.3 Å². The number of rotatable bonds is 3. The van der Waals surface area contributed by atoms with Gasteiger partial charge in [-0.15, -0.1) is 11.3 Å². The molecule has 3 nitrogen and oxygen atoms in total. The third-order valence-electron chi connectivity index (χ3n) is 2.43. The molecule has 2 rings (SSSR count). The molecule has 5 heteroatoms. The number of carbonyl (C=O) groups excluding carboxylic acids is 1. The van der Waals surface area contributed by atoms with Crippen LogP contribution >= 0.6 is 27.3 Å². The number of aromatic nitrogens is 1. The van der Waals surface area contributed by atoms with Crippen LogP contribution < -0.4 is 0 Å². The smallest absolute Gasteiger partial charge is 0.367 e. The van der Waals surface area contributed by atoms with Gasteiger partial charge in [-0.2, -0.15) is 0 Å². The SMILES string of the molecule is CCOC(=O)c1nc(-c2cc(Br)ccc2C)cs1. The van der Waals surface area contributed by atoms with Gasteiger partial charge in [0.2, 0.25) is 5.01 Å². The number of benzene rings is 1. The first-order chi connectivity index (χ1) is 8.61. The van der Waals surface area contributed by atoms with Crippen molar-refractivity contribution in [3.63, 3.8) is 0 Å². The van der Waals surface area contributed by atoms with Crippen molar-refractivity contribution in [2.75, 3.05) is 6.61 Å². The molecule has 0 aliphatic heterocycles. The maximum Gasteiger partial charge on any atom is 0.367 e. The molecule has 0 aliphatic carbocycles. The van der Waals surface area contributed by atoms with Crippen LogP contribution in [0.3, 0.4) is 0 Å². The van der Waals surface area contributed by atoms with E-state index < -0.39 is 0 Å². The predicted octanol–water partition coefficient (Wildman–Crippen LogP) is 4.06. The molecule has 0 atom stereocenters. The molecule has 1 aromatic heterocycles. The predicted molar refractivity (Wildman–Crippen MR) is 75.9 cm³/mol. The summed E-state index contributed by atoms with van der Waals surface area (Å²) in [7, 11) is 0. The molecule has 0 saturated heterocycles. The summed E-state index contributed by atoms with van der Waals surface area (Å²) in [6, 6.07) is 6.00. The minimum atomic E-state index is -0.360. The van der Waals surface area contributed by atoms with E-state index in [-0.39, 0.29) is 5.97 Å². The first-order valence-corrected chi connectivity index (χ1v) is 7.18. The van der Waals surface area contributed by atoms with Crippen LogP contribution in [0.5, 0.6) is 0 Å². The van der Waals surface area contributed by atoms with Crippen LogP contribution in [0.2, 0.25) is 0 Å². The Balaban J connectivity index is 2.35. The Bertz CT molecular complexity index is 580. The fourth-order valence-electron chi connectivity index (χ4n) is 1.55. The van der Waals surface area contributed by atoms with E-state index in [1.807, 2.05) is 30.5 Å². The average molecular weight is 326 g/mol. The zero-order valence-corrected chi connectivity index (χ0v) is 12.5. The molecule has 2 aromatic rings. The summed E-state index contributed by atoms with van der Waals surface area (Å²) in [4.78, 5) is 15.9. The Hall–Kier alpha value is -1.20. The second kappa shape index (κ2) is 5.63. The monoisotopic (exact) mass is 325 g/mol. The number of hydrogen-bond acceptors (Lipinski definition) is 4. The molecular formula is C13H12BrNO2S. The van der Waals surface area contributed by atoms with Crippen molar-refractivity contribution in [3.05, 3.63) is 38.6 Å². The third-order valence-corrected chi connectivity index (χ3v) is 3.75. The molecule has 18 heavy (non-hydrogen) atoms. The highest BCUT2D eigenvalue weighted by atomic mass is 79.9. The Morgan fingerprint density at radius 3 is 3.00 bits per heavy atom. The van der Waals surface area contributed by atoms with Gasteiger partial charge < -0.3 is 4.74 Å². The van der Waals surface area contributed by atoms with E-state index in [0.717, 1.165) is 21.3 Å². The zero-order valence-electron chi connectivity index (χ0n) is 10.1. The lowest BCUT2D eigenvalue weighted by Crippen LogP contribution is -2.03. The molecule has 0 amide bonds. The molecule has 0 saturated carbocycles. The van der Waals surface area contributed by atoms with E-state index in [1.54, 1.807) is 6.92 Å². The first kappa shape index (κ1) is 13.2. The minimum absolute atomic E-state index is 0.360. The largest absolute Gasteiger partial charge is 0.461 e. The molecule has 0 unspecified atom stereocenters.